The Morgan fingerprint density at radius 1 is 1.30 bits per heavy atom. The molecule has 1 aliphatic carbocycles. The van der Waals surface area contributed by atoms with Gasteiger partial charge in [-0.05, 0) is 69.5 Å². The minimum absolute atomic E-state index is 0.0426. The predicted molar refractivity (Wildman–Crippen MR) is 181 cm³/mol. The molecule has 0 unspecified atom stereocenters. The number of amides is 1. The van der Waals surface area contributed by atoms with Gasteiger partial charge in [-0.1, -0.05) is 33.4 Å². The molecule has 0 saturated carbocycles. The normalized spacial score (nSPS) is 22.8. The monoisotopic (exact) mass is 683 g/mol. The maximum atomic E-state index is 14.6. The van der Waals surface area contributed by atoms with Gasteiger partial charge in [0.25, 0.3) is 8.32 Å². The van der Waals surface area contributed by atoms with Crippen molar-refractivity contribution < 1.29 is 41.9 Å². The highest BCUT2D eigenvalue weighted by atomic mass is 32.2. The van der Waals surface area contributed by atoms with Crippen LogP contribution in [0.2, 0.25) is 18.1 Å². The van der Waals surface area contributed by atoms with E-state index in [4.69, 9.17) is 33.6 Å². The van der Waals surface area contributed by atoms with E-state index in [2.05, 4.69) is 45.8 Å². The fourth-order valence-corrected chi connectivity index (χ4v) is 8.17. The van der Waals surface area contributed by atoms with Crippen molar-refractivity contribution in [2.45, 2.75) is 82.4 Å². The minimum atomic E-state index is -2.32. The maximum absolute atomic E-state index is 14.6. The lowest BCUT2D eigenvalue weighted by Gasteiger charge is -2.48. The molecular formula is C33H42BN2O9SSi. The molecule has 3 aliphatic heterocycles. The average molecular weight is 684 g/mol. The molecule has 3 heterocycles. The van der Waals surface area contributed by atoms with Crippen molar-refractivity contribution >= 4 is 39.2 Å². The number of rotatable bonds is 13. The molecule has 2 bridgehead atoms. The van der Waals surface area contributed by atoms with E-state index in [9.17, 15) is 9.59 Å². The molecule has 6 rings (SSSR count). The summed E-state index contributed by atoms with van der Waals surface area (Å²) in [6, 6.07) is 1.66. The van der Waals surface area contributed by atoms with Gasteiger partial charge in [0.15, 0.2) is 34.6 Å². The Hall–Kier alpha value is -3.49. The van der Waals surface area contributed by atoms with Crippen LogP contribution in [0.25, 0.3) is 0 Å². The standard InChI is InChI=1S/C33H42BN2O9SSi/c1-10-11-40-25-17(2)26-28(42-16-41-26)23-20-15-33(24(23)25)29(31(38)43-33)36(20)30(37)19(35-6)12-18-13-21(44-46-34)27(39-7)22(14-18)45-47(8,9)32(3,4)5/h10,13-14,19-20,29,34-35H,1,11-12,15-16H2,2-9H3/t19-,20+,29+,33-/m0/s1/i34T. The zero-order chi connectivity index (χ0) is 34.8. The van der Waals surface area contributed by atoms with Crippen molar-refractivity contribution in [2.75, 3.05) is 27.6 Å². The van der Waals surface area contributed by atoms with Crippen molar-refractivity contribution in [1.29, 1.82) is 1.34 Å². The second-order valence-corrected chi connectivity index (χ2v) is 18.9. The first-order valence-corrected chi connectivity index (χ1v) is 19.3. The molecule has 2 aromatic rings. The molecule has 251 valence electrons. The van der Waals surface area contributed by atoms with Crippen LogP contribution in [0.4, 0.5) is 0 Å². The van der Waals surface area contributed by atoms with Gasteiger partial charge >= 0.3 is 5.97 Å². The Morgan fingerprint density at radius 3 is 2.66 bits per heavy atom. The Labute approximate surface area is 283 Å². The molecule has 1 N–H and O–H groups in total. The highest BCUT2D eigenvalue weighted by Gasteiger charge is 2.75. The van der Waals surface area contributed by atoms with Crippen LogP contribution in [0.5, 0.6) is 34.5 Å². The predicted octanol–water partition coefficient (Wildman–Crippen LogP) is 4.76. The highest BCUT2D eigenvalue weighted by molar-refractivity contribution is 8.16. The number of benzene rings is 2. The third-order valence-corrected chi connectivity index (χ3v) is 14.7. The number of carbonyl (C=O) groups is 2. The Balaban J connectivity index is 1.37. The fraction of sp³-hybridized carbons (Fsp3) is 0.515. The summed E-state index contributed by atoms with van der Waals surface area (Å²) in [5, 5.41) is 3.09. The van der Waals surface area contributed by atoms with Crippen LogP contribution in [0, 0.1) is 6.92 Å². The number of carbonyl (C=O) groups excluding carboxylic acids is 2. The molecule has 2 saturated heterocycles. The number of hydrogen-bond donors (Lipinski definition) is 1. The smallest absolute Gasteiger partial charge is 0.334 e. The number of fused-ring (bicyclic) bond motifs is 5. The third-order valence-electron chi connectivity index (χ3n) is 10.1. The van der Waals surface area contributed by atoms with E-state index in [-0.39, 0.29) is 30.8 Å². The molecule has 11 nitrogen and oxygen atoms in total. The van der Waals surface area contributed by atoms with E-state index in [1.807, 2.05) is 13.0 Å². The number of hydrogen-bond acceptors (Lipinski definition) is 11. The first-order valence-electron chi connectivity index (χ1n) is 16.2. The maximum Gasteiger partial charge on any atom is 0.334 e. The average Bonchev–Trinajstić information content (AvgIpc) is 3.71. The van der Waals surface area contributed by atoms with Gasteiger partial charge in [0.2, 0.25) is 25.5 Å². The summed E-state index contributed by atoms with van der Waals surface area (Å²) in [6.07, 6.45) is 2.31. The number of esters is 1. The lowest BCUT2D eigenvalue weighted by molar-refractivity contribution is -0.209. The summed E-state index contributed by atoms with van der Waals surface area (Å²) >= 11 is 0.846. The summed E-state index contributed by atoms with van der Waals surface area (Å²) in [5.74, 6) is 2.30. The molecule has 14 heteroatoms. The van der Waals surface area contributed by atoms with Crippen LogP contribution in [0.15, 0.2) is 24.8 Å². The van der Waals surface area contributed by atoms with Crippen molar-refractivity contribution in [3.63, 3.8) is 0 Å². The molecule has 47 heavy (non-hydrogen) atoms. The summed E-state index contributed by atoms with van der Waals surface area (Å²) < 4.78 is 49.7. The fourth-order valence-electron chi connectivity index (χ4n) is 6.93. The summed E-state index contributed by atoms with van der Waals surface area (Å²) in [7, 11) is 2.03. The van der Waals surface area contributed by atoms with Crippen LogP contribution in [0.1, 0.15) is 55.5 Å². The lowest BCUT2D eigenvalue weighted by atomic mass is 9.80. The van der Waals surface area contributed by atoms with Gasteiger partial charge in [0.1, 0.15) is 12.4 Å². The lowest BCUT2D eigenvalue weighted by Crippen LogP contribution is -2.65. The van der Waals surface area contributed by atoms with Gasteiger partial charge in [-0.2, -0.15) is 0 Å². The molecule has 1 spiro atoms. The largest absolute Gasteiger partial charge is 0.541 e. The minimum Gasteiger partial charge on any atom is -0.541 e. The zero-order valence-electron chi connectivity index (χ0n) is 29.1. The van der Waals surface area contributed by atoms with E-state index in [1.54, 1.807) is 31.2 Å². The van der Waals surface area contributed by atoms with E-state index in [1.165, 1.54) is 0 Å². The SMILES string of the molecule is [3H][B]SOc1cc(C[C@H](NC)C(=O)N2[C@@H]3C[C@]4(OC(=O)[C@@H]24)c2c(OCC=C)c(C)c4c(c23)OCO4)cc(O[Si](C)(C)C(C)(C)C)c1OC. The summed E-state index contributed by atoms with van der Waals surface area (Å²) in [5.41, 5.74) is 1.98. The van der Waals surface area contributed by atoms with E-state index < -0.39 is 38.0 Å². The van der Waals surface area contributed by atoms with Crippen molar-refractivity contribution in [3.8, 4) is 34.5 Å². The number of nitrogens with one attached hydrogen (secondary N) is 1. The van der Waals surface area contributed by atoms with Crippen molar-refractivity contribution in [3.05, 3.63) is 47.0 Å². The topological polar surface area (TPSA) is 114 Å². The quantitative estimate of drug-likeness (QED) is 0.137. The summed E-state index contributed by atoms with van der Waals surface area (Å²) in [6.45, 7) is 16.7. The Bertz CT molecular complexity index is 1670. The van der Waals surface area contributed by atoms with Crippen molar-refractivity contribution in [1.82, 2.24) is 10.2 Å². The van der Waals surface area contributed by atoms with Crippen LogP contribution in [-0.2, 0) is 26.3 Å². The molecule has 2 aromatic carbocycles. The van der Waals surface area contributed by atoms with Crippen LogP contribution in [0.3, 0.4) is 0 Å². The van der Waals surface area contributed by atoms with E-state index in [0.717, 1.165) is 41.2 Å². The van der Waals surface area contributed by atoms with E-state index in [0.29, 0.717) is 40.9 Å². The van der Waals surface area contributed by atoms with Gasteiger partial charge in [0, 0.05) is 23.1 Å². The molecule has 2 fully saturated rings. The molecule has 1 radical (unpaired) electrons. The number of nitrogens with zero attached hydrogens (tertiary/aromatic N) is 1. The van der Waals surface area contributed by atoms with Crippen LogP contribution < -0.4 is 32.9 Å². The summed E-state index contributed by atoms with van der Waals surface area (Å²) in [4.78, 5) is 29.4. The number of likely N-dealkylation sites (tertiary alicyclic amines) is 1. The number of likely N-dealkylation sites (N-methyl/N-ethyl adjacent to an activating group) is 1. The molecule has 0 aromatic heterocycles. The first kappa shape index (κ1) is 32.1. The molecule has 4 atom stereocenters. The van der Waals surface area contributed by atoms with Gasteiger partial charge in [0.05, 0.1) is 19.2 Å². The second-order valence-electron chi connectivity index (χ2n) is 13.8. The highest BCUT2D eigenvalue weighted by Crippen LogP contribution is 2.69. The molecule has 4 aliphatic rings. The van der Waals surface area contributed by atoms with Crippen LogP contribution in [-0.4, -0.2) is 73.2 Å². The molecular weight excluding hydrogens is 639 g/mol. The van der Waals surface area contributed by atoms with Gasteiger partial charge in [-0.15, -0.1) is 0 Å². The van der Waals surface area contributed by atoms with Crippen LogP contribution >= 0.6 is 11.9 Å². The number of methoxy groups -OCH3 is 1. The first-order chi connectivity index (χ1) is 22.7. The van der Waals surface area contributed by atoms with Gasteiger partial charge in [-0.3, -0.25) is 4.79 Å². The Kier molecular flexibility index (Phi) is 8.11. The van der Waals surface area contributed by atoms with E-state index >= 15 is 0 Å². The van der Waals surface area contributed by atoms with Gasteiger partial charge < -0.3 is 42.5 Å². The second kappa shape index (κ2) is 11.9. The third kappa shape index (κ3) is 5.05. The number of ether oxygens (including phenoxy) is 5. The van der Waals surface area contributed by atoms with Crippen molar-refractivity contribution in [2.24, 2.45) is 0 Å². The zero-order valence-corrected chi connectivity index (χ0v) is 29.9. The van der Waals surface area contributed by atoms with Gasteiger partial charge in [-0.25, -0.2) is 4.79 Å². The Morgan fingerprint density at radius 2 is 2.02 bits per heavy atom. The molecule has 1 amide bonds.